The van der Waals surface area contributed by atoms with E-state index in [-0.39, 0.29) is 47.3 Å². The van der Waals surface area contributed by atoms with Gasteiger partial charge in [0, 0.05) is 31.7 Å². The molecule has 3 aliphatic heterocycles. The van der Waals surface area contributed by atoms with E-state index in [1.807, 2.05) is 4.90 Å². The van der Waals surface area contributed by atoms with Crippen LogP contribution in [0.1, 0.15) is 52.0 Å². The molecule has 2 atom stereocenters. The van der Waals surface area contributed by atoms with E-state index in [0.717, 1.165) is 18.9 Å². The molecule has 3 fully saturated rings. The molecule has 0 N–H and O–H groups in total. The fourth-order valence-corrected chi connectivity index (χ4v) is 6.00. The fraction of sp³-hybridized carbons (Fsp3) is 0.654. The number of anilines is 1. The maximum absolute atomic E-state index is 15.4. The number of aromatic nitrogens is 2. The Kier molecular flexibility index (Phi) is 7.60. The highest BCUT2D eigenvalue weighted by Crippen LogP contribution is 2.42. The lowest BCUT2D eigenvalue weighted by Gasteiger charge is -2.42. The van der Waals surface area contributed by atoms with Crippen LogP contribution < -0.4 is 9.64 Å². The molecule has 0 aliphatic carbocycles. The van der Waals surface area contributed by atoms with Gasteiger partial charge in [-0.15, -0.1) is 0 Å². The van der Waals surface area contributed by atoms with E-state index >= 15 is 4.39 Å². The van der Waals surface area contributed by atoms with Gasteiger partial charge in [0.25, 0.3) is 0 Å². The van der Waals surface area contributed by atoms with Crippen LogP contribution in [-0.4, -0.2) is 71.6 Å². The minimum Gasteiger partial charge on any atom is -0.463 e. The van der Waals surface area contributed by atoms with Crippen LogP contribution in [0, 0.1) is 11.7 Å². The first-order valence-electron chi connectivity index (χ1n) is 13.1. The summed E-state index contributed by atoms with van der Waals surface area (Å²) in [5, 5.41) is -0.0634. The molecule has 4 heterocycles. The Morgan fingerprint density at radius 1 is 1.10 bits per heavy atom. The van der Waals surface area contributed by atoms with Gasteiger partial charge in [0.05, 0.1) is 28.7 Å². The van der Waals surface area contributed by atoms with Crippen molar-refractivity contribution in [2.75, 3.05) is 37.8 Å². The van der Waals surface area contributed by atoms with Crippen LogP contribution >= 0.6 is 15.9 Å². The third-order valence-electron chi connectivity index (χ3n) is 7.31. The first-order valence-corrected chi connectivity index (χ1v) is 13.8. The van der Waals surface area contributed by atoms with Gasteiger partial charge >= 0.3 is 18.3 Å². The standard InChI is InChI=1S/C26H31BrF4N4O4/c1-25(2,3)39-24(36)35-15-4-5-16(35)12-34(11-15)22-17-10-18(26(29,30)31)19(27)20(28)21(17)32-23(33-22)38-13-14-6-8-37-9-7-14/h10,14-16H,4-9,11-13H2,1-3H3. The molecule has 214 valence electrons. The molecule has 0 saturated carbocycles. The van der Waals surface area contributed by atoms with Crippen molar-refractivity contribution in [2.45, 2.75) is 70.3 Å². The molecule has 13 heteroatoms. The zero-order valence-corrected chi connectivity index (χ0v) is 23.6. The second-order valence-corrected chi connectivity index (χ2v) is 12.1. The van der Waals surface area contributed by atoms with E-state index in [4.69, 9.17) is 14.2 Å². The van der Waals surface area contributed by atoms with Gasteiger partial charge in [-0.25, -0.2) is 9.18 Å². The van der Waals surface area contributed by atoms with E-state index in [9.17, 15) is 18.0 Å². The molecular formula is C26H31BrF4N4O4. The van der Waals surface area contributed by atoms with E-state index in [1.54, 1.807) is 25.7 Å². The van der Waals surface area contributed by atoms with Gasteiger partial charge in [0.2, 0.25) is 0 Å². The lowest BCUT2D eigenvalue weighted by Crippen LogP contribution is -2.57. The van der Waals surface area contributed by atoms with Gasteiger partial charge < -0.3 is 19.1 Å². The number of hydrogen-bond acceptors (Lipinski definition) is 7. The predicted molar refractivity (Wildman–Crippen MR) is 138 cm³/mol. The summed E-state index contributed by atoms with van der Waals surface area (Å²) in [7, 11) is 0. The third-order valence-corrected chi connectivity index (χ3v) is 8.09. The Hall–Kier alpha value is -2.41. The van der Waals surface area contributed by atoms with E-state index < -0.39 is 33.7 Å². The van der Waals surface area contributed by atoms with E-state index in [2.05, 4.69) is 25.9 Å². The van der Waals surface area contributed by atoms with Crippen LogP contribution in [0.25, 0.3) is 10.9 Å². The number of nitrogens with zero attached hydrogens (tertiary/aromatic N) is 4. The van der Waals surface area contributed by atoms with Gasteiger partial charge in [0.1, 0.15) is 16.9 Å². The topological polar surface area (TPSA) is 77.0 Å². The van der Waals surface area contributed by atoms with Gasteiger partial charge in [-0.3, -0.25) is 4.90 Å². The second kappa shape index (κ2) is 10.5. The van der Waals surface area contributed by atoms with E-state index in [0.29, 0.717) is 39.1 Å². The molecule has 3 aliphatic rings. The smallest absolute Gasteiger partial charge is 0.417 e. The number of benzene rings is 1. The first-order chi connectivity index (χ1) is 18.3. The molecule has 1 amide bonds. The average molecular weight is 619 g/mol. The van der Waals surface area contributed by atoms with Crippen molar-refractivity contribution in [1.29, 1.82) is 0 Å². The molecule has 8 nitrogen and oxygen atoms in total. The Morgan fingerprint density at radius 2 is 1.74 bits per heavy atom. The summed E-state index contributed by atoms with van der Waals surface area (Å²) in [5.41, 5.74) is -2.07. The van der Waals surface area contributed by atoms with E-state index in [1.165, 1.54) is 0 Å². The monoisotopic (exact) mass is 618 g/mol. The number of amides is 1. The number of piperazine rings is 1. The predicted octanol–water partition coefficient (Wildman–Crippen LogP) is 5.94. The second-order valence-electron chi connectivity index (χ2n) is 11.3. The maximum atomic E-state index is 15.4. The third kappa shape index (κ3) is 5.89. The number of carbonyl (C=O) groups excluding carboxylic acids is 1. The number of ether oxygens (including phenoxy) is 3. The van der Waals surface area contributed by atoms with Crippen molar-refractivity contribution in [1.82, 2.24) is 14.9 Å². The van der Waals surface area contributed by atoms with Crippen molar-refractivity contribution in [2.24, 2.45) is 5.92 Å². The molecule has 1 aromatic heterocycles. The highest BCUT2D eigenvalue weighted by molar-refractivity contribution is 9.10. The molecule has 2 unspecified atom stereocenters. The summed E-state index contributed by atoms with van der Waals surface area (Å²) in [6, 6.07) is 0.328. The van der Waals surface area contributed by atoms with Gasteiger partial charge in [-0.05, 0) is 74.4 Å². The first kappa shape index (κ1) is 28.1. The maximum Gasteiger partial charge on any atom is 0.417 e. The normalized spacial score (nSPS) is 22.5. The number of fused-ring (bicyclic) bond motifs is 3. The molecule has 0 spiro atoms. The molecular weight excluding hydrogens is 588 g/mol. The average Bonchev–Trinajstić information content (AvgIpc) is 3.13. The van der Waals surface area contributed by atoms with Gasteiger partial charge in [-0.2, -0.15) is 23.1 Å². The number of carbonyl (C=O) groups is 1. The number of hydrogen-bond donors (Lipinski definition) is 0. The SMILES string of the molecule is CC(C)(C)OC(=O)N1C2CCC1CN(c1nc(OCC3CCOCC3)nc3c(F)c(Br)c(C(F)(F)F)cc13)C2. The van der Waals surface area contributed by atoms with Crippen molar-refractivity contribution in [3.63, 3.8) is 0 Å². The molecule has 2 aromatic rings. The van der Waals surface area contributed by atoms with Gasteiger partial charge in [-0.1, -0.05) is 0 Å². The summed E-state index contributed by atoms with van der Waals surface area (Å²) in [4.78, 5) is 25.1. The summed E-state index contributed by atoms with van der Waals surface area (Å²) in [6.07, 6.45) is -2.19. The fourth-order valence-electron chi connectivity index (χ4n) is 5.47. The number of halogens is 5. The van der Waals surface area contributed by atoms with Crippen molar-refractivity contribution < 1.29 is 36.6 Å². The van der Waals surface area contributed by atoms with Gasteiger partial charge in [0.15, 0.2) is 5.82 Å². The Bertz CT molecular complexity index is 1240. The molecule has 1 aromatic carbocycles. The summed E-state index contributed by atoms with van der Waals surface area (Å²) in [6.45, 7) is 7.51. The van der Waals surface area contributed by atoms with Crippen LogP contribution in [0.3, 0.4) is 0 Å². The Morgan fingerprint density at radius 3 is 2.33 bits per heavy atom. The summed E-state index contributed by atoms with van der Waals surface area (Å²) < 4.78 is 72.9. The molecule has 3 saturated heterocycles. The highest BCUT2D eigenvalue weighted by atomic mass is 79.9. The van der Waals surface area contributed by atoms with Crippen LogP contribution in [0.5, 0.6) is 6.01 Å². The van der Waals surface area contributed by atoms with Crippen molar-refractivity contribution >= 4 is 38.7 Å². The number of alkyl halides is 3. The van der Waals surface area contributed by atoms with Crippen molar-refractivity contribution in [3.05, 3.63) is 21.9 Å². The zero-order chi connectivity index (χ0) is 28.1. The lowest BCUT2D eigenvalue weighted by molar-refractivity contribution is -0.138. The Labute approximate surface area is 232 Å². The largest absolute Gasteiger partial charge is 0.463 e. The molecule has 2 bridgehead atoms. The zero-order valence-electron chi connectivity index (χ0n) is 22.0. The van der Waals surface area contributed by atoms with Crippen LogP contribution in [0.4, 0.5) is 28.2 Å². The number of rotatable bonds is 4. The summed E-state index contributed by atoms with van der Waals surface area (Å²) in [5.74, 6) is -0.770. The Balaban J connectivity index is 1.51. The van der Waals surface area contributed by atoms with Crippen LogP contribution in [-0.2, 0) is 15.7 Å². The van der Waals surface area contributed by atoms with Crippen LogP contribution in [0.15, 0.2) is 10.5 Å². The van der Waals surface area contributed by atoms with Crippen LogP contribution in [0.2, 0.25) is 0 Å². The highest BCUT2D eigenvalue weighted by Gasteiger charge is 2.45. The molecule has 39 heavy (non-hydrogen) atoms. The molecule has 5 rings (SSSR count). The quantitative estimate of drug-likeness (QED) is 0.392. The minimum atomic E-state index is -4.79. The lowest BCUT2D eigenvalue weighted by atomic mass is 10.0. The van der Waals surface area contributed by atoms with Crippen molar-refractivity contribution in [3.8, 4) is 6.01 Å². The summed E-state index contributed by atoms with van der Waals surface area (Å²) >= 11 is 2.78. The molecule has 0 radical (unpaired) electrons. The minimum absolute atomic E-state index is 0.0634.